The maximum atomic E-state index is 13.5. The third-order valence-electron chi connectivity index (χ3n) is 2.29. The van der Waals surface area contributed by atoms with E-state index < -0.39 is 17.2 Å². The zero-order valence-corrected chi connectivity index (χ0v) is 10.2. The van der Waals surface area contributed by atoms with E-state index in [9.17, 15) is 13.9 Å². The summed E-state index contributed by atoms with van der Waals surface area (Å²) >= 11 is 1.17. The van der Waals surface area contributed by atoms with Crippen LogP contribution in [0.3, 0.4) is 0 Å². The van der Waals surface area contributed by atoms with E-state index in [0.717, 1.165) is 18.2 Å². The third-order valence-corrected chi connectivity index (χ3v) is 3.17. The number of thiazole rings is 1. The van der Waals surface area contributed by atoms with Gasteiger partial charge in [-0.25, -0.2) is 13.8 Å². The Hall–Kier alpha value is -1.33. The van der Waals surface area contributed by atoms with Gasteiger partial charge in [0.1, 0.15) is 22.2 Å². The van der Waals surface area contributed by atoms with Crippen molar-refractivity contribution < 1.29 is 13.9 Å². The predicted molar refractivity (Wildman–Crippen MR) is 62.7 cm³/mol. The number of rotatable bonds is 2. The second-order valence-electron chi connectivity index (χ2n) is 4.22. The predicted octanol–water partition coefficient (Wildman–Crippen LogP) is 3.32. The molecule has 2 rings (SSSR count). The summed E-state index contributed by atoms with van der Waals surface area (Å²) in [5, 5.41) is 11.7. The van der Waals surface area contributed by atoms with E-state index in [0.29, 0.717) is 10.7 Å². The summed E-state index contributed by atoms with van der Waals surface area (Å²) in [6, 6.07) is 3.22. The van der Waals surface area contributed by atoms with E-state index >= 15 is 0 Å². The van der Waals surface area contributed by atoms with Crippen molar-refractivity contribution in [3.8, 4) is 10.6 Å². The number of halogens is 2. The average molecular weight is 255 g/mol. The SMILES string of the molecule is CC(C)(O)c1csc(-c2cc(F)ccc2F)n1. The summed E-state index contributed by atoms with van der Waals surface area (Å²) < 4.78 is 26.5. The van der Waals surface area contributed by atoms with Crippen molar-refractivity contribution in [2.45, 2.75) is 19.4 Å². The van der Waals surface area contributed by atoms with Crippen LogP contribution >= 0.6 is 11.3 Å². The molecule has 0 aliphatic carbocycles. The van der Waals surface area contributed by atoms with Gasteiger partial charge in [0.25, 0.3) is 0 Å². The van der Waals surface area contributed by atoms with Gasteiger partial charge in [-0.2, -0.15) is 0 Å². The van der Waals surface area contributed by atoms with E-state index in [1.807, 2.05) is 0 Å². The van der Waals surface area contributed by atoms with Gasteiger partial charge in [-0.3, -0.25) is 0 Å². The lowest BCUT2D eigenvalue weighted by atomic mass is 10.1. The van der Waals surface area contributed by atoms with Crippen molar-refractivity contribution in [3.05, 3.63) is 40.9 Å². The molecule has 1 aromatic heterocycles. The number of hydrogen-bond donors (Lipinski definition) is 1. The highest BCUT2D eigenvalue weighted by Crippen LogP contribution is 2.30. The van der Waals surface area contributed by atoms with Crippen LogP contribution in [0.5, 0.6) is 0 Å². The van der Waals surface area contributed by atoms with Gasteiger partial charge in [0.2, 0.25) is 0 Å². The molecule has 0 bridgehead atoms. The minimum atomic E-state index is -1.08. The van der Waals surface area contributed by atoms with Gasteiger partial charge in [0.05, 0.1) is 5.69 Å². The Balaban J connectivity index is 2.47. The molecule has 2 aromatic rings. The van der Waals surface area contributed by atoms with Crippen molar-refractivity contribution in [2.24, 2.45) is 0 Å². The first-order valence-electron chi connectivity index (χ1n) is 5.02. The van der Waals surface area contributed by atoms with Crippen molar-refractivity contribution in [1.82, 2.24) is 4.98 Å². The molecular weight excluding hydrogens is 244 g/mol. The maximum Gasteiger partial charge on any atom is 0.133 e. The van der Waals surface area contributed by atoms with E-state index in [-0.39, 0.29) is 5.56 Å². The van der Waals surface area contributed by atoms with Gasteiger partial charge >= 0.3 is 0 Å². The molecule has 0 radical (unpaired) electrons. The average Bonchev–Trinajstić information content (AvgIpc) is 2.70. The normalized spacial score (nSPS) is 11.8. The summed E-state index contributed by atoms with van der Waals surface area (Å²) in [7, 11) is 0. The fraction of sp³-hybridized carbons (Fsp3) is 0.250. The van der Waals surface area contributed by atoms with Crippen LogP contribution in [-0.2, 0) is 5.60 Å². The van der Waals surface area contributed by atoms with E-state index in [1.54, 1.807) is 19.2 Å². The Morgan fingerprint density at radius 3 is 2.59 bits per heavy atom. The fourth-order valence-electron chi connectivity index (χ4n) is 1.34. The minimum Gasteiger partial charge on any atom is -0.384 e. The van der Waals surface area contributed by atoms with Crippen LogP contribution in [0.25, 0.3) is 10.6 Å². The number of benzene rings is 1. The molecule has 5 heteroatoms. The summed E-state index contributed by atoms with van der Waals surface area (Å²) in [5.74, 6) is -1.04. The van der Waals surface area contributed by atoms with Crippen LogP contribution in [-0.4, -0.2) is 10.1 Å². The highest BCUT2D eigenvalue weighted by atomic mass is 32.1. The van der Waals surface area contributed by atoms with Crippen molar-refractivity contribution in [1.29, 1.82) is 0 Å². The standard InChI is InChI=1S/C12H11F2NOS/c1-12(2,16)10-6-17-11(15-10)8-5-7(13)3-4-9(8)14/h3-6,16H,1-2H3. The number of hydrogen-bond acceptors (Lipinski definition) is 3. The number of nitrogens with zero attached hydrogens (tertiary/aromatic N) is 1. The molecular formula is C12H11F2NOS. The molecule has 0 aliphatic heterocycles. The lowest BCUT2D eigenvalue weighted by Crippen LogP contribution is -2.15. The topological polar surface area (TPSA) is 33.1 Å². The van der Waals surface area contributed by atoms with E-state index in [1.165, 1.54) is 11.3 Å². The Kier molecular flexibility index (Phi) is 2.97. The van der Waals surface area contributed by atoms with Crippen LogP contribution in [0.4, 0.5) is 8.78 Å². The molecule has 0 saturated heterocycles. The quantitative estimate of drug-likeness (QED) is 0.893. The molecule has 2 nitrogen and oxygen atoms in total. The van der Waals surface area contributed by atoms with E-state index in [2.05, 4.69) is 4.98 Å². The smallest absolute Gasteiger partial charge is 0.133 e. The van der Waals surface area contributed by atoms with Crippen molar-refractivity contribution in [3.63, 3.8) is 0 Å². The van der Waals surface area contributed by atoms with Gasteiger partial charge in [0, 0.05) is 10.9 Å². The molecule has 0 unspecified atom stereocenters. The minimum absolute atomic E-state index is 0.116. The van der Waals surface area contributed by atoms with Crippen molar-refractivity contribution in [2.75, 3.05) is 0 Å². The molecule has 0 atom stereocenters. The molecule has 17 heavy (non-hydrogen) atoms. The largest absolute Gasteiger partial charge is 0.384 e. The molecule has 0 saturated carbocycles. The summed E-state index contributed by atoms with van der Waals surface area (Å²) in [4.78, 5) is 4.12. The summed E-state index contributed by atoms with van der Waals surface area (Å²) in [5.41, 5.74) is -0.523. The molecule has 0 aliphatic rings. The zero-order chi connectivity index (χ0) is 12.6. The highest BCUT2D eigenvalue weighted by Gasteiger charge is 2.21. The van der Waals surface area contributed by atoms with Gasteiger partial charge in [-0.05, 0) is 32.0 Å². The van der Waals surface area contributed by atoms with Gasteiger partial charge in [-0.1, -0.05) is 0 Å². The van der Waals surface area contributed by atoms with E-state index in [4.69, 9.17) is 0 Å². The van der Waals surface area contributed by atoms with Crippen molar-refractivity contribution >= 4 is 11.3 Å². The van der Waals surface area contributed by atoms with Gasteiger partial charge < -0.3 is 5.11 Å². The second kappa shape index (κ2) is 4.16. The first-order chi connectivity index (χ1) is 7.88. The van der Waals surface area contributed by atoms with Gasteiger partial charge in [-0.15, -0.1) is 11.3 Å². The Morgan fingerprint density at radius 2 is 2.00 bits per heavy atom. The fourth-order valence-corrected chi connectivity index (χ4v) is 2.34. The van der Waals surface area contributed by atoms with Crippen LogP contribution in [0.1, 0.15) is 19.5 Å². The third kappa shape index (κ3) is 2.50. The molecule has 1 aromatic carbocycles. The number of aliphatic hydroxyl groups is 1. The van der Waals surface area contributed by atoms with Crippen LogP contribution < -0.4 is 0 Å². The van der Waals surface area contributed by atoms with Gasteiger partial charge in [0.15, 0.2) is 0 Å². The monoisotopic (exact) mass is 255 g/mol. The number of aromatic nitrogens is 1. The van der Waals surface area contributed by atoms with Crippen LogP contribution in [0.15, 0.2) is 23.6 Å². The molecule has 90 valence electrons. The molecule has 0 fully saturated rings. The zero-order valence-electron chi connectivity index (χ0n) is 9.37. The van der Waals surface area contributed by atoms with Crippen LogP contribution in [0, 0.1) is 11.6 Å². The lowest BCUT2D eigenvalue weighted by Gasteiger charge is -2.13. The Bertz CT molecular complexity index is 546. The Labute approximate surface area is 102 Å². The summed E-state index contributed by atoms with van der Waals surface area (Å²) in [6.07, 6.45) is 0. The molecule has 0 spiro atoms. The summed E-state index contributed by atoms with van der Waals surface area (Å²) in [6.45, 7) is 3.18. The van der Waals surface area contributed by atoms with Crippen LogP contribution in [0.2, 0.25) is 0 Å². The highest BCUT2D eigenvalue weighted by molar-refractivity contribution is 7.13. The molecule has 0 amide bonds. The first-order valence-corrected chi connectivity index (χ1v) is 5.89. The maximum absolute atomic E-state index is 13.5. The second-order valence-corrected chi connectivity index (χ2v) is 5.08. The molecule has 1 heterocycles. The Morgan fingerprint density at radius 1 is 1.29 bits per heavy atom. The molecule has 1 N–H and O–H groups in total. The lowest BCUT2D eigenvalue weighted by molar-refractivity contribution is 0.0746. The first kappa shape index (κ1) is 12.1.